The van der Waals surface area contributed by atoms with Gasteiger partial charge in [-0.3, -0.25) is 38.4 Å². The van der Waals surface area contributed by atoms with Crippen LogP contribution in [0.15, 0.2) is 114 Å². The van der Waals surface area contributed by atoms with Gasteiger partial charge in [0.25, 0.3) is 0 Å². The summed E-state index contributed by atoms with van der Waals surface area (Å²) in [7, 11) is 13.1. The molecule has 1 aliphatic heterocycles. The summed E-state index contributed by atoms with van der Waals surface area (Å²) in [6, 6.07) is 22.1. The topological polar surface area (TPSA) is 209 Å². The second-order valence-electron chi connectivity index (χ2n) is 21.5. The number of hydrogen-bond donors (Lipinski definition) is 0. The van der Waals surface area contributed by atoms with Crippen LogP contribution in [0, 0.1) is 23.7 Å². The SMILES string of the molecule is C.C=C1C(=O)C2CCCC3C2C(CCC3(C)OC)C1=O.C=C1OC(=O)c2ccccc2-c2ccccc21.COC.COC.COC.COC1(C)CC2=C(C1)C(=O)CC2=O.O=C1CC(=O)C2=C1CCCC2.O=C1CC(=O)c2ccccc21. The van der Waals surface area contributed by atoms with Crippen molar-refractivity contribution in [1.82, 2.24) is 0 Å². The first-order valence-electron chi connectivity index (χ1n) is 27.0. The lowest BCUT2D eigenvalue weighted by Crippen LogP contribution is -2.57. The van der Waals surface area contributed by atoms with Crippen LogP contribution in [0.3, 0.4) is 0 Å². The van der Waals surface area contributed by atoms with Crippen LogP contribution in [0.1, 0.15) is 148 Å². The molecule has 436 valence electrons. The van der Waals surface area contributed by atoms with Gasteiger partial charge in [0, 0.05) is 121 Å². The largest absolute Gasteiger partial charge is 0.423 e. The minimum Gasteiger partial charge on any atom is -0.423 e. The van der Waals surface area contributed by atoms with Gasteiger partial charge in [0.15, 0.2) is 46.3 Å². The van der Waals surface area contributed by atoms with E-state index in [0.717, 1.165) is 85.6 Å². The van der Waals surface area contributed by atoms with Crippen LogP contribution in [0.25, 0.3) is 16.9 Å². The maximum atomic E-state index is 12.3. The average molecular weight is 1120 g/mol. The first kappa shape index (κ1) is 66.8. The molecule has 0 spiro atoms. The molecule has 3 aromatic carbocycles. The van der Waals surface area contributed by atoms with Crippen LogP contribution < -0.4 is 0 Å². The van der Waals surface area contributed by atoms with E-state index >= 15 is 0 Å². The predicted octanol–water partition coefficient (Wildman–Crippen LogP) is 11.3. The Labute approximate surface area is 477 Å². The van der Waals surface area contributed by atoms with Crippen LogP contribution in [-0.4, -0.2) is 120 Å². The summed E-state index contributed by atoms with van der Waals surface area (Å²) in [6.45, 7) is 11.6. The van der Waals surface area contributed by atoms with Gasteiger partial charge in [-0.15, -0.1) is 0 Å². The number of rotatable bonds is 2. The highest BCUT2D eigenvalue weighted by Crippen LogP contribution is 2.55. The van der Waals surface area contributed by atoms with Gasteiger partial charge in [-0.25, -0.2) is 4.79 Å². The van der Waals surface area contributed by atoms with Crippen LogP contribution in [-0.2, 0) is 57.2 Å². The number of carbonyl (C=O) groups excluding carboxylic acids is 9. The Hall–Kier alpha value is -6.75. The molecule has 0 saturated heterocycles. The van der Waals surface area contributed by atoms with Crippen molar-refractivity contribution in [2.75, 3.05) is 56.9 Å². The Morgan fingerprint density at radius 3 is 1.30 bits per heavy atom. The molecule has 15 heteroatoms. The summed E-state index contributed by atoms with van der Waals surface area (Å²) in [6.07, 6.45) is 10.2. The molecule has 5 unspecified atom stereocenters. The van der Waals surface area contributed by atoms with Crippen molar-refractivity contribution in [3.63, 3.8) is 0 Å². The molecule has 1 heterocycles. The first-order chi connectivity index (χ1) is 38.1. The molecular formula is C66H82O15. The number of cyclic esters (lactones) is 1. The van der Waals surface area contributed by atoms with E-state index in [4.69, 9.17) is 14.2 Å². The Balaban J connectivity index is 0.000000212. The fourth-order valence-corrected chi connectivity index (χ4v) is 12.1. The Morgan fingerprint density at radius 2 is 0.852 bits per heavy atom. The molecule has 0 amide bonds. The number of methoxy groups -OCH3 is 5. The fraction of sp³-hybridized carbons (Fsp3) is 0.470. The van der Waals surface area contributed by atoms with E-state index in [0.29, 0.717) is 52.4 Å². The van der Waals surface area contributed by atoms with E-state index in [9.17, 15) is 43.2 Å². The standard InChI is InChI=1S/C16H22O3.C15H10O2.C10H12O3.C9H10O2.C9H6O2.3C2H6O.CH4/c1-9-14(17)10-5-4-6-12-13(10)11(15(9)18)7-8-16(12,2)19-3;1-10-11-6-2-3-7-12(11)13-8-4-5-9-14(13)15(16)17-10;1-10(13-2)4-6-7(5-10)9(12)3-8(6)11;2*10-8-5-9(11)7-4-2-1-3-6(7)8;3*1-3-2;/h10-13H,1,4-8H2,2-3H3;2-9H,1H2;3-5H2,1-2H3;1-5H2;1-4H,5H2;3*1-2H3;1H4. The zero-order chi connectivity index (χ0) is 59.1. The number of carbonyl (C=O) groups is 9. The lowest BCUT2D eigenvalue weighted by molar-refractivity contribution is -0.160. The lowest BCUT2D eigenvalue weighted by Gasteiger charge is -2.54. The molecule has 0 radical (unpaired) electrons. The minimum atomic E-state index is -0.346. The average Bonchev–Trinajstić information content (AvgIpc) is 4.20. The zero-order valence-corrected chi connectivity index (χ0v) is 48.2. The molecule has 5 atom stereocenters. The third kappa shape index (κ3) is 15.4. The summed E-state index contributed by atoms with van der Waals surface area (Å²) >= 11 is 0. The van der Waals surface area contributed by atoms with E-state index in [1.165, 1.54) is 0 Å². The highest BCUT2D eigenvalue weighted by atomic mass is 16.5. The quantitative estimate of drug-likeness (QED) is 0.101. The molecule has 8 aliphatic carbocycles. The van der Waals surface area contributed by atoms with Gasteiger partial charge >= 0.3 is 5.97 Å². The van der Waals surface area contributed by atoms with Gasteiger partial charge in [-0.05, 0) is 94.2 Å². The Morgan fingerprint density at radius 1 is 0.469 bits per heavy atom. The molecule has 0 bridgehead atoms. The van der Waals surface area contributed by atoms with Gasteiger partial charge in [-0.2, -0.15) is 0 Å². The molecule has 15 nitrogen and oxygen atoms in total. The predicted molar refractivity (Wildman–Crippen MR) is 310 cm³/mol. The summed E-state index contributed by atoms with van der Waals surface area (Å²) in [4.78, 5) is 104. The number of Topliss-reactive ketones (excluding diaryl/α,β-unsaturated/α-hetero) is 8. The van der Waals surface area contributed by atoms with Crippen LogP contribution in [0.4, 0.5) is 0 Å². The van der Waals surface area contributed by atoms with E-state index in [1.807, 2.05) is 49.4 Å². The molecule has 3 aromatic rings. The minimum absolute atomic E-state index is 0. The maximum absolute atomic E-state index is 12.3. The third-order valence-electron chi connectivity index (χ3n) is 16.0. The molecule has 0 N–H and O–H groups in total. The van der Waals surface area contributed by atoms with E-state index in [1.54, 1.807) is 87.2 Å². The first-order valence-corrected chi connectivity index (χ1v) is 27.0. The molecule has 81 heavy (non-hydrogen) atoms. The van der Waals surface area contributed by atoms with Crippen molar-refractivity contribution in [3.05, 3.63) is 136 Å². The normalized spacial score (nSPS) is 23.8. The van der Waals surface area contributed by atoms with Gasteiger partial charge in [0.2, 0.25) is 0 Å². The zero-order valence-electron chi connectivity index (χ0n) is 48.2. The monoisotopic (exact) mass is 1110 g/mol. The van der Waals surface area contributed by atoms with Crippen molar-refractivity contribution < 1.29 is 71.6 Å². The number of ketones is 8. The van der Waals surface area contributed by atoms with Crippen LogP contribution in [0.5, 0.6) is 0 Å². The maximum Gasteiger partial charge on any atom is 0.344 e. The van der Waals surface area contributed by atoms with Crippen LogP contribution >= 0.6 is 0 Å². The van der Waals surface area contributed by atoms with E-state index < -0.39 is 0 Å². The molecule has 12 rings (SSSR count). The molecule has 0 aromatic heterocycles. The Bertz CT molecular complexity index is 2790. The summed E-state index contributed by atoms with van der Waals surface area (Å²) in [5.41, 5.74) is 7.39. The van der Waals surface area contributed by atoms with Gasteiger partial charge in [-0.1, -0.05) is 93.7 Å². The highest BCUT2D eigenvalue weighted by molar-refractivity contribution is 6.25. The summed E-state index contributed by atoms with van der Waals surface area (Å²) < 4.78 is 29.0. The van der Waals surface area contributed by atoms with Crippen molar-refractivity contribution in [3.8, 4) is 11.1 Å². The molecule has 3 fully saturated rings. The number of fused-ring (bicyclic) bond motifs is 4. The second kappa shape index (κ2) is 30.3. The van der Waals surface area contributed by atoms with E-state index in [-0.39, 0.29) is 113 Å². The summed E-state index contributed by atoms with van der Waals surface area (Å²) in [5.74, 6) is 0.727. The number of benzene rings is 3. The van der Waals surface area contributed by atoms with Crippen molar-refractivity contribution in [1.29, 1.82) is 0 Å². The van der Waals surface area contributed by atoms with Crippen molar-refractivity contribution in [2.24, 2.45) is 23.7 Å². The molecule has 9 aliphatic rings. The summed E-state index contributed by atoms with van der Waals surface area (Å²) in [5, 5.41) is 0. The molecular weight excluding hydrogens is 1030 g/mol. The molecule has 3 saturated carbocycles. The van der Waals surface area contributed by atoms with Crippen LogP contribution in [0.2, 0.25) is 0 Å². The third-order valence-corrected chi connectivity index (χ3v) is 16.0. The fourth-order valence-electron chi connectivity index (χ4n) is 12.1. The van der Waals surface area contributed by atoms with Gasteiger partial charge < -0.3 is 28.4 Å². The van der Waals surface area contributed by atoms with Crippen molar-refractivity contribution in [2.45, 2.75) is 122 Å². The number of allylic oxidation sites excluding steroid dienone is 3. The second-order valence-corrected chi connectivity index (χ2v) is 21.5. The van der Waals surface area contributed by atoms with Gasteiger partial charge in [0.1, 0.15) is 5.76 Å². The van der Waals surface area contributed by atoms with E-state index in [2.05, 4.69) is 34.3 Å². The Kier molecular flexibility index (Phi) is 25.0. The number of hydrogen-bond acceptors (Lipinski definition) is 15. The lowest BCUT2D eigenvalue weighted by atomic mass is 9.51. The highest BCUT2D eigenvalue weighted by Gasteiger charge is 2.57. The van der Waals surface area contributed by atoms with Gasteiger partial charge in [0.05, 0.1) is 41.6 Å². The number of esters is 1. The van der Waals surface area contributed by atoms with Crippen molar-refractivity contribution >= 4 is 58.0 Å². The smallest absolute Gasteiger partial charge is 0.344 e. The number of ether oxygens (including phenoxy) is 6.